The van der Waals surface area contributed by atoms with E-state index < -0.39 is 0 Å². The van der Waals surface area contributed by atoms with Gasteiger partial charge in [-0.25, -0.2) is 0 Å². The summed E-state index contributed by atoms with van der Waals surface area (Å²) in [6.07, 6.45) is 0. The number of carbonyl (C=O) groups is 2. The molecule has 0 radical (unpaired) electrons. The van der Waals surface area contributed by atoms with Crippen molar-refractivity contribution in [3.63, 3.8) is 0 Å². The van der Waals surface area contributed by atoms with E-state index in [1.807, 2.05) is 0 Å². The Morgan fingerprint density at radius 3 is 2.14 bits per heavy atom. The van der Waals surface area contributed by atoms with Crippen molar-refractivity contribution in [2.75, 3.05) is 37.2 Å². The Labute approximate surface area is 178 Å². The second kappa shape index (κ2) is 13.0. The molecule has 0 bridgehead atoms. The molecule has 0 saturated carbocycles. The molecule has 0 spiro atoms. The van der Waals surface area contributed by atoms with Crippen LogP contribution in [0.15, 0.2) is 48.5 Å². The topological polar surface area (TPSA) is 87.5 Å². The van der Waals surface area contributed by atoms with E-state index in [-0.39, 0.29) is 36.6 Å². The molecule has 0 aliphatic rings. The largest absolute Gasteiger partial charge is 0.399 e. The minimum absolute atomic E-state index is 0. The number of anilines is 2. The van der Waals surface area contributed by atoms with Crippen LogP contribution in [0.4, 0.5) is 11.4 Å². The number of likely N-dealkylation sites (N-methyl/N-ethyl adjacent to an activating group) is 1. The zero-order chi connectivity index (χ0) is 18.9. The van der Waals surface area contributed by atoms with Crippen LogP contribution in [-0.4, -0.2) is 42.9 Å². The van der Waals surface area contributed by atoms with Gasteiger partial charge in [-0.15, -0.1) is 24.8 Å². The predicted molar refractivity (Wildman–Crippen MR) is 120 cm³/mol. The van der Waals surface area contributed by atoms with Crippen molar-refractivity contribution >= 4 is 48.0 Å². The standard InChI is InChI=1S/C20H26N4O2.2ClH/c1-3-24(4-2)12-11-22-19(25)16-8-6-10-18(14-16)23-20(26)15-7-5-9-17(21)13-15;;/h5-10,13-14H,3-4,11-12,21H2,1-2H3,(H,22,25)(H,23,26);2*1H. The van der Waals surface area contributed by atoms with Gasteiger partial charge in [0.15, 0.2) is 0 Å². The lowest BCUT2D eigenvalue weighted by molar-refractivity contribution is 0.0947. The summed E-state index contributed by atoms with van der Waals surface area (Å²) in [5.74, 6) is -0.423. The first-order chi connectivity index (χ1) is 12.5. The van der Waals surface area contributed by atoms with Gasteiger partial charge in [0.2, 0.25) is 0 Å². The van der Waals surface area contributed by atoms with Gasteiger partial charge in [-0.05, 0) is 49.5 Å². The Morgan fingerprint density at radius 1 is 0.929 bits per heavy atom. The van der Waals surface area contributed by atoms with Crippen LogP contribution in [0.3, 0.4) is 0 Å². The van der Waals surface area contributed by atoms with Crippen LogP contribution >= 0.6 is 24.8 Å². The van der Waals surface area contributed by atoms with Crippen LogP contribution in [0.2, 0.25) is 0 Å². The summed E-state index contributed by atoms with van der Waals surface area (Å²) in [7, 11) is 0. The molecule has 0 atom stereocenters. The van der Waals surface area contributed by atoms with E-state index in [0.29, 0.717) is 29.0 Å². The van der Waals surface area contributed by atoms with Crippen molar-refractivity contribution in [2.24, 2.45) is 0 Å². The molecule has 154 valence electrons. The second-order valence-corrected chi connectivity index (χ2v) is 5.94. The Balaban J connectivity index is 0.00000364. The fourth-order valence-electron chi connectivity index (χ4n) is 2.59. The molecule has 0 aliphatic carbocycles. The molecule has 0 fully saturated rings. The van der Waals surface area contributed by atoms with Gasteiger partial charge in [0.25, 0.3) is 11.8 Å². The molecule has 0 unspecified atom stereocenters. The summed E-state index contributed by atoms with van der Waals surface area (Å²) >= 11 is 0. The van der Waals surface area contributed by atoms with Crippen molar-refractivity contribution in [1.29, 1.82) is 0 Å². The lowest BCUT2D eigenvalue weighted by Crippen LogP contribution is -2.34. The van der Waals surface area contributed by atoms with E-state index in [4.69, 9.17) is 5.73 Å². The highest BCUT2D eigenvalue weighted by molar-refractivity contribution is 6.05. The number of carbonyl (C=O) groups excluding carboxylic acids is 2. The summed E-state index contributed by atoms with van der Waals surface area (Å²) in [5.41, 5.74) is 7.78. The summed E-state index contributed by atoms with van der Waals surface area (Å²) in [6.45, 7) is 7.50. The van der Waals surface area contributed by atoms with Crippen molar-refractivity contribution in [1.82, 2.24) is 10.2 Å². The van der Waals surface area contributed by atoms with E-state index >= 15 is 0 Å². The van der Waals surface area contributed by atoms with Crippen LogP contribution in [0.5, 0.6) is 0 Å². The minimum atomic E-state index is -0.267. The molecule has 2 rings (SSSR count). The molecule has 2 aromatic rings. The lowest BCUT2D eigenvalue weighted by atomic mass is 10.1. The van der Waals surface area contributed by atoms with Crippen LogP contribution in [0.25, 0.3) is 0 Å². The summed E-state index contributed by atoms with van der Waals surface area (Å²) in [5, 5.41) is 5.70. The Hall–Kier alpha value is -2.28. The molecule has 2 amide bonds. The first kappa shape index (κ1) is 25.7. The summed E-state index contributed by atoms with van der Waals surface area (Å²) in [4.78, 5) is 26.8. The number of benzene rings is 2. The third-order valence-corrected chi connectivity index (χ3v) is 4.14. The number of nitrogen functional groups attached to an aromatic ring is 1. The van der Waals surface area contributed by atoms with E-state index in [0.717, 1.165) is 19.6 Å². The quantitative estimate of drug-likeness (QED) is 0.564. The van der Waals surface area contributed by atoms with Gasteiger partial charge >= 0.3 is 0 Å². The van der Waals surface area contributed by atoms with Crippen molar-refractivity contribution in [3.8, 4) is 0 Å². The molecule has 0 aliphatic heterocycles. The van der Waals surface area contributed by atoms with Crippen LogP contribution in [-0.2, 0) is 0 Å². The van der Waals surface area contributed by atoms with Gasteiger partial charge in [0, 0.05) is 35.6 Å². The molecule has 4 N–H and O–H groups in total. The number of nitrogens with one attached hydrogen (secondary N) is 2. The fraction of sp³-hybridized carbons (Fsp3) is 0.300. The first-order valence-corrected chi connectivity index (χ1v) is 8.81. The van der Waals surface area contributed by atoms with E-state index in [2.05, 4.69) is 29.4 Å². The molecule has 0 heterocycles. The molecule has 6 nitrogen and oxygen atoms in total. The third kappa shape index (κ3) is 7.76. The van der Waals surface area contributed by atoms with Gasteiger partial charge < -0.3 is 21.3 Å². The molecule has 0 saturated heterocycles. The fourth-order valence-corrected chi connectivity index (χ4v) is 2.59. The maximum Gasteiger partial charge on any atom is 0.255 e. The van der Waals surface area contributed by atoms with E-state index in [1.165, 1.54) is 0 Å². The lowest BCUT2D eigenvalue weighted by Gasteiger charge is -2.18. The average molecular weight is 427 g/mol. The van der Waals surface area contributed by atoms with Gasteiger partial charge in [-0.1, -0.05) is 26.0 Å². The second-order valence-electron chi connectivity index (χ2n) is 5.94. The zero-order valence-corrected chi connectivity index (χ0v) is 17.7. The Morgan fingerprint density at radius 2 is 1.54 bits per heavy atom. The van der Waals surface area contributed by atoms with Crippen LogP contribution < -0.4 is 16.4 Å². The Bertz CT molecular complexity index is 767. The van der Waals surface area contributed by atoms with Crippen molar-refractivity contribution in [3.05, 3.63) is 59.7 Å². The maximum atomic E-state index is 12.3. The van der Waals surface area contributed by atoms with Crippen LogP contribution in [0, 0.1) is 0 Å². The number of nitrogens with two attached hydrogens (primary N) is 1. The van der Waals surface area contributed by atoms with Crippen molar-refractivity contribution in [2.45, 2.75) is 13.8 Å². The Kier molecular flexibility index (Phi) is 11.9. The van der Waals surface area contributed by atoms with Gasteiger partial charge in [-0.3, -0.25) is 9.59 Å². The average Bonchev–Trinajstić information content (AvgIpc) is 2.65. The highest BCUT2D eigenvalue weighted by Gasteiger charge is 2.10. The molecule has 2 aromatic carbocycles. The third-order valence-electron chi connectivity index (χ3n) is 4.14. The van der Waals surface area contributed by atoms with Crippen LogP contribution in [0.1, 0.15) is 34.6 Å². The normalized spacial score (nSPS) is 9.82. The monoisotopic (exact) mass is 426 g/mol. The molecule has 28 heavy (non-hydrogen) atoms. The number of hydrogen-bond donors (Lipinski definition) is 3. The smallest absolute Gasteiger partial charge is 0.255 e. The molecule has 8 heteroatoms. The maximum absolute atomic E-state index is 12.3. The zero-order valence-electron chi connectivity index (χ0n) is 16.1. The summed E-state index contributed by atoms with van der Waals surface area (Å²) in [6, 6.07) is 13.6. The number of hydrogen-bond acceptors (Lipinski definition) is 4. The first-order valence-electron chi connectivity index (χ1n) is 8.81. The predicted octanol–water partition coefficient (Wildman–Crippen LogP) is 3.44. The van der Waals surface area contributed by atoms with E-state index in [9.17, 15) is 9.59 Å². The number of amides is 2. The van der Waals surface area contributed by atoms with Crippen molar-refractivity contribution < 1.29 is 9.59 Å². The summed E-state index contributed by atoms with van der Waals surface area (Å²) < 4.78 is 0. The molecular weight excluding hydrogens is 399 g/mol. The minimum Gasteiger partial charge on any atom is -0.399 e. The number of rotatable bonds is 8. The SMILES string of the molecule is CCN(CC)CCNC(=O)c1cccc(NC(=O)c2cccc(N)c2)c1.Cl.Cl. The molecular formula is C20H28Cl2N4O2. The number of halogens is 2. The highest BCUT2D eigenvalue weighted by atomic mass is 35.5. The number of nitrogens with zero attached hydrogens (tertiary/aromatic N) is 1. The van der Waals surface area contributed by atoms with Gasteiger partial charge in [0.05, 0.1) is 0 Å². The van der Waals surface area contributed by atoms with Gasteiger partial charge in [-0.2, -0.15) is 0 Å². The highest BCUT2D eigenvalue weighted by Crippen LogP contribution is 2.14. The molecule has 0 aromatic heterocycles. The van der Waals surface area contributed by atoms with E-state index in [1.54, 1.807) is 48.5 Å². The van der Waals surface area contributed by atoms with Gasteiger partial charge in [0.1, 0.15) is 0 Å².